The molecule has 0 aliphatic heterocycles. The van der Waals surface area contributed by atoms with Crippen LogP contribution in [0.2, 0.25) is 0 Å². The molecule has 15 heavy (non-hydrogen) atoms. The lowest BCUT2D eigenvalue weighted by molar-refractivity contribution is -0.115. The lowest BCUT2D eigenvalue weighted by Gasteiger charge is -2.03. The molecule has 0 N–H and O–H groups in total. The van der Waals surface area contributed by atoms with E-state index >= 15 is 0 Å². The number of halogens is 9. The van der Waals surface area contributed by atoms with Gasteiger partial charge in [-0.15, -0.1) is 47.2 Å². The second kappa shape index (κ2) is 15.5. The molecule has 0 aromatic heterocycles. The average molecular weight is 353 g/mol. The van der Waals surface area contributed by atoms with Crippen LogP contribution in [-0.4, -0.2) is 28.7 Å². The fourth-order valence-corrected chi connectivity index (χ4v) is 0. The van der Waals surface area contributed by atoms with Crippen molar-refractivity contribution in [2.45, 2.75) is 23.3 Å². The number of hydrogen-bond donors (Lipinski definition) is 0. The Balaban J connectivity index is -0.0000000675. The highest BCUT2D eigenvalue weighted by atomic mass is 35.5. The molecule has 0 aliphatic rings. The summed E-state index contributed by atoms with van der Waals surface area (Å²) in [6.07, 6.45) is -3.00. The molecule has 0 aliphatic carbocycles. The molecule has 0 fully saturated rings. The van der Waals surface area contributed by atoms with E-state index in [1.54, 1.807) is 0 Å². The van der Waals surface area contributed by atoms with E-state index in [1.165, 1.54) is 6.38 Å². The Labute approximate surface area is 119 Å². The molecule has 0 rings (SSSR count). The summed E-state index contributed by atoms with van der Waals surface area (Å²) in [5, 5.41) is 0.122. The van der Waals surface area contributed by atoms with Gasteiger partial charge in [-0.3, -0.25) is 0 Å². The van der Waals surface area contributed by atoms with Crippen LogP contribution in [0, 0.1) is 0 Å². The van der Waals surface area contributed by atoms with Gasteiger partial charge in [-0.05, 0) is 6.92 Å². The minimum Gasteiger partial charge on any atom is -0.168 e. The van der Waals surface area contributed by atoms with Crippen LogP contribution in [0.25, 0.3) is 0 Å². The maximum absolute atomic E-state index is 10.9. The van der Waals surface area contributed by atoms with Crippen molar-refractivity contribution in [2.24, 2.45) is 0 Å². The molecule has 0 saturated heterocycles. The van der Waals surface area contributed by atoms with Crippen molar-refractivity contribution in [1.82, 2.24) is 0 Å². The molecule has 1 unspecified atom stereocenters. The van der Waals surface area contributed by atoms with Gasteiger partial charge in [0.15, 0.2) is 0 Å². The summed E-state index contributed by atoms with van der Waals surface area (Å²) in [5.41, 5.74) is 0. The highest BCUT2D eigenvalue weighted by Crippen LogP contribution is 2.26. The molecule has 0 bridgehead atoms. The third-order valence-electron chi connectivity index (χ3n) is 0.460. The van der Waals surface area contributed by atoms with E-state index in [0.29, 0.717) is 5.88 Å². The normalized spacial score (nSPS) is 11.4. The van der Waals surface area contributed by atoms with Crippen LogP contribution in [0.1, 0.15) is 6.92 Å². The Morgan fingerprint density at radius 3 is 1.20 bits per heavy atom. The summed E-state index contributed by atoms with van der Waals surface area (Å²) in [6.45, 7) is 1.86. The minimum absolute atomic E-state index is 0. The van der Waals surface area contributed by atoms with Crippen molar-refractivity contribution in [3.8, 4) is 0 Å². The summed E-state index contributed by atoms with van der Waals surface area (Å²) in [4.78, 5) is -2.26. The van der Waals surface area contributed by atoms with Gasteiger partial charge in [0.1, 0.15) is 0 Å². The zero-order valence-corrected chi connectivity index (χ0v) is 12.4. The van der Waals surface area contributed by atoms with Crippen molar-refractivity contribution in [1.29, 1.82) is 0 Å². The standard InChI is InChI=1S/C3H6Cl2.C2HCl2F3.CH3Cl.ClH/c1-3(5)2-4;3-1(4)2(5,6)7;1-2;/h3H,2H2,1H3;1H;1H3;1H. The van der Waals surface area contributed by atoms with E-state index in [1.807, 2.05) is 6.92 Å². The Hall–Kier alpha value is 1.53. The predicted molar refractivity (Wildman–Crippen MR) is 66.6 cm³/mol. The maximum atomic E-state index is 10.9. The first kappa shape index (κ1) is 25.4. The molecular weight excluding hydrogens is 342 g/mol. The van der Waals surface area contributed by atoms with Gasteiger partial charge >= 0.3 is 6.18 Å². The van der Waals surface area contributed by atoms with Crippen molar-refractivity contribution in [3.05, 3.63) is 0 Å². The second-order valence-corrected chi connectivity index (χ2v) is 3.93. The van der Waals surface area contributed by atoms with E-state index < -0.39 is 11.0 Å². The van der Waals surface area contributed by atoms with Crippen molar-refractivity contribution in [3.63, 3.8) is 0 Å². The molecule has 0 heterocycles. The minimum atomic E-state index is -4.47. The number of rotatable bonds is 1. The number of hydrogen-bond acceptors (Lipinski definition) is 0. The monoisotopic (exact) mass is 350 g/mol. The van der Waals surface area contributed by atoms with Gasteiger partial charge in [-0.2, -0.15) is 13.2 Å². The first-order valence-corrected chi connectivity index (χ1v) is 5.74. The summed E-state index contributed by atoms with van der Waals surface area (Å²) in [7, 11) is 0. The van der Waals surface area contributed by atoms with E-state index in [0.717, 1.165) is 0 Å². The first-order valence-electron chi connectivity index (χ1n) is 3.14. The van der Waals surface area contributed by atoms with Crippen molar-refractivity contribution >= 4 is 70.4 Å². The third kappa shape index (κ3) is 31.3. The topological polar surface area (TPSA) is 0 Å². The molecular formula is C6H11Cl6F3. The maximum Gasteiger partial charge on any atom is 0.418 e. The van der Waals surface area contributed by atoms with Crippen LogP contribution in [-0.2, 0) is 0 Å². The van der Waals surface area contributed by atoms with Crippen LogP contribution in [0.4, 0.5) is 13.2 Å². The van der Waals surface area contributed by atoms with Crippen LogP contribution in [0.5, 0.6) is 0 Å². The number of alkyl halides is 8. The van der Waals surface area contributed by atoms with Crippen LogP contribution in [0.15, 0.2) is 0 Å². The molecule has 9 heteroatoms. The van der Waals surface area contributed by atoms with Crippen molar-refractivity contribution < 1.29 is 13.2 Å². The Bertz CT molecular complexity index is 106. The summed E-state index contributed by atoms with van der Waals surface area (Å²) < 4.78 is 32.7. The molecule has 0 amide bonds. The molecule has 0 aromatic carbocycles. The van der Waals surface area contributed by atoms with Crippen LogP contribution < -0.4 is 0 Å². The average Bonchev–Trinajstić information content (AvgIpc) is 2.07. The largest absolute Gasteiger partial charge is 0.418 e. The van der Waals surface area contributed by atoms with Gasteiger partial charge in [0.05, 0.1) is 0 Å². The molecule has 0 spiro atoms. The van der Waals surface area contributed by atoms with E-state index in [2.05, 4.69) is 34.8 Å². The van der Waals surface area contributed by atoms with Gasteiger partial charge in [0.25, 0.3) is 0 Å². The van der Waals surface area contributed by atoms with Crippen LogP contribution >= 0.6 is 70.4 Å². The smallest absolute Gasteiger partial charge is 0.168 e. The van der Waals surface area contributed by atoms with Crippen LogP contribution in [0.3, 0.4) is 0 Å². The van der Waals surface area contributed by atoms with Crippen molar-refractivity contribution in [2.75, 3.05) is 12.3 Å². The molecule has 0 aromatic rings. The molecule has 98 valence electrons. The van der Waals surface area contributed by atoms with Gasteiger partial charge in [-0.25, -0.2) is 0 Å². The first-order chi connectivity index (χ1) is 6.21. The Kier molecular flexibility index (Phi) is 26.3. The molecule has 1 atom stereocenters. The Morgan fingerprint density at radius 1 is 1.07 bits per heavy atom. The quantitative estimate of drug-likeness (QED) is 0.548. The van der Waals surface area contributed by atoms with E-state index in [4.69, 9.17) is 23.2 Å². The highest BCUT2D eigenvalue weighted by molar-refractivity contribution is 6.44. The lowest BCUT2D eigenvalue weighted by atomic mass is 10.6. The highest BCUT2D eigenvalue weighted by Gasteiger charge is 2.36. The lowest BCUT2D eigenvalue weighted by Crippen LogP contribution is -2.16. The fourth-order valence-electron chi connectivity index (χ4n) is 0. The molecule has 0 saturated carbocycles. The second-order valence-electron chi connectivity index (χ2n) is 1.78. The van der Waals surface area contributed by atoms with Gasteiger partial charge in [-0.1, -0.05) is 23.2 Å². The zero-order valence-electron chi connectivity index (χ0n) is 7.79. The summed E-state index contributed by atoms with van der Waals surface area (Å²) >= 11 is 24.0. The summed E-state index contributed by atoms with van der Waals surface area (Å²) in [6, 6.07) is 0. The molecule has 0 nitrogen and oxygen atoms in total. The SMILES string of the molecule is CC(Cl)CCl.CCl.Cl.FC(F)(F)C(Cl)Cl. The predicted octanol–water partition coefficient (Wildman–Crippen LogP) is 5.48. The fraction of sp³-hybridized carbons (Fsp3) is 1.00. The van der Waals surface area contributed by atoms with Gasteiger partial charge in [0, 0.05) is 17.6 Å². The van der Waals surface area contributed by atoms with Gasteiger partial charge < -0.3 is 0 Å². The van der Waals surface area contributed by atoms with E-state index in [-0.39, 0.29) is 17.8 Å². The summed E-state index contributed by atoms with van der Waals surface area (Å²) in [5.74, 6) is 0.543. The zero-order chi connectivity index (χ0) is 12.4. The third-order valence-corrected chi connectivity index (χ3v) is 1.73. The molecule has 0 radical (unpaired) electrons. The Morgan fingerprint density at radius 2 is 1.20 bits per heavy atom. The van der Waals surface area contributed by atoms with Gasteiger partial charge in [0.2, 0.25) is 4.84 Å². The van der Waals surface area contributed by atoms with E-state index in [9.17, 15) is 13.2 Å².